The number of carbonyl (C=O) groups is 1. The standard InChI is InChI=1S/C17H31NO3/c1-3-17(16(19)20,18-14-7-8-14)11-4-12-21-15-9-5-13(2)6-10-15/h13-15,18H,3-12H2,1-2H3,(H,19,20). The summed E-state index contributed by atoms with van der Waals surface area (Å²) >= 11 is 0. The zero-order valence-electron chi connectivity index (χ0n) is 13.6. The Labute approximate surface area is 128 Å². The Balaban J connectivity index is 1.70. The van der Waals surface area contributed by atoms with Crippen molar-refractivity contribution in [2.45, 2.75) is 89.3 Å². The largest absolute Gasteiger partial charge is 0.480 e. The van der Waals surface area contributed by atoms with E-state index in [0.29, 0.717) is 31.6 Å². The van der Waals surface area contributed by atoms with Crippen LogP contribution in [-0.4, -0.2) is 35.4 Å². The van der Waals surface area contributed by atoms with Gasteiger partial charge in [-0.1, -0.05) is 13.8 Å². The van der Waals surface area contributed by atoms with Gasteiger partial charge in [-0.15, -0.1) is 0 Å². The Bertz CT molecular complexity index is 335. The Kier molecular flexibility index (Phi) is 6.06. The molecule has 0 aliphatic heterocycles. The van der Waals surface area contributed by atoms with Crippen LogP contribution in [0.4, 0.5) is 0 Å². The minimum Gasteiger partial charge on any atom is -0.480 e. The van der Waals surface area contributed by atoms with Crippen LogP contribution in [0.5, 0.6) is 0 Å². The monoisotopic (exact) mass is 297 g/mol. The second-order valence-corrected chi connectivity index (χ2v) is 7.02. The topological polar surface area (TPSA) is 58.6 Å². The summed E-state index contributed by atoms with van der Waals surface area (Å²) in [6.45, 7) is 4.97. The van der Waals surface area contributed by atoms with Gasteiger partial charge in [0.15, 0.2) is 0 Å². The molecule has 4 nitrogen and oxygen atoms in total. The molecule has 2 N–H and O–H groups in total. The number of ether oxygens (including phenoxy) is 1. The average Bonchev–Trinajstić information content (AvgIpc) is 3.27. The number of hydrogen-bond donors (Lipinski definition) is 2. The fourth-order valence-electron chi connectivity index (χ4n) is 3.31. The number of carboxylic acid groups (broad SMARTS) is 1. The van der Waals surface area contributed by atoms with Crippen molar-refractivity contribution in [3.8, 4) is 0 Å². The molecule has 122 valence electrons. The zero-order valence-corrected chi connectivity index (χ0v) is 13.6. The van der Waals surface area contributed by atoms with E-state index in [0.717, 1.165) is 25.2 Å². The molecule has 2 aliphatic rings. The predicted molar refractivity (Wildman–Crippen MR) is 83.4 cm³/mol. The van der Waals surface area contributed by atoms with Crippen molar-refractivity contribution in [3.63, 3.8) is 0 Å². The third kappa shape index (κ3) is 4.96. The fraction of sp³-hybridized carbons (Fsp3) is 0.941. The Morgan fingerprint density at radius 2 is 1.90 bits per heavy atom. The molecule has 0 aromatic rings. The van der Waals surface area contributed by atoms with E-state index in [-0.39, 0.29) is 0 Å². The summed E-state index contributed by atoms with van der Waals surface area (Å²) in [5, 5.41) is 12.9. The smallest absolute Gasteiger partial charge is 0.323 e. The molecule has 0 aromatic carbocycles. The molecule has 0 aromatic heterocycles. The summed E-state index contributed by atoms with van der Waals surface area (Å²) in [6.07, 6.45) is 9.63. The first-order chi connectivity index (χ1) is 10.1. The highest BCUT2D eigenvalue weighted by atomic mass is 16.5. The summed E-state index contributed by atoms with van der Waals surface area (Å²) in [5.41, 5.74) is -0.744. The molecular weight excluding hydrogens is 266 g/mol. The van der Waals surface area contributed by atoms with Crippen LogP contribution in [-0.2, 0) is 9.53 Å². The van der Waals surface area contributed by atoms with Crippen LogP contribution in [0.2, 0.25) is 0 Å². The quantitative estimate of drug-likeness (QED) is 0.641. The maximum Gasteiger partial charge on any atom is 0.323 e. The van der Waals surface area contributed by atoms with Gasteiger partial charge in [-0.05, 0) is 63.7 Å². The molecule has 0 saturated heterocycles. The van der Waals surface area contributed by atoms with E-state index >= 15 is 0 Å². The van der Waals surface area contributed by atoms with Gasteiger partial charge >= 0.3 is 5.97 Å². The molecule has 0 radical (unpaired) electrons. The van der Waals surface area contributed by atoms with E-state index < -0.39 is 11.5 Å². The summed E-state index contributed by atoms with van der Waals surface area (Å²) < 4.78 is 5.95. The van der Waals surface area contributed by atoms with Crippen LogP contribution in [0.15, 0.2) is 0 Å². The maximum absolute atomic E-state index is 11.6. The lowest BCUT2D eigenvalue weighted by atomic mass is 9.88. The summed E-state index contributed by atoms with van der Waals surface area (Å²) in [4.78, 5) is 11.6. The Morgan fingerprint density at radius 1 is 1.24 bits per heavy atom. The van der Waals surface area contributed by atoms with E-state index in [9.17, 15) is 9.90 Å². The van der Waals surface area contributed by atoms with Crippen molar-refractivity contribution < 1.29 is 14.6 Å². The second-order valence-electron chi connectivity index (χ2n) is 7.02. The summed E-state index contributed by atoms with van der Waals surface area (Å²) in [7, 11) is 0. The maximum atomic E-state index is 11.6. The van der Waals surface area contributed by atoms with Gasteiger partial charge in [-0.2, -0.15) is 0 Å². The first kappa shape index (κ1) is 16.8. The molecule has 0 spiro atoms. The number of carboxylic acids is 1. The van der Waals surface area contributed by atoms with Crippen LogP contribution in [0, 0.1) is 5.92 Å². The number of aliphatic carboxylic acids is 1. The van der Waals surface area contributed by atoms with Crippen molar-refractivity contribution in [2.75, 3.05) is 6.61 Å². The number of rotatable bonds is 9. The third-order valence-corrected chi connectivity index (χ3v) is 5.14. The van der Waals surface area contributed by atoms with E-state index in [1.807, 2.05) is 6.92 Å². The third-order valence-electron chi connectivity index (χ3n) is 5.14. The van der Waals surface area contributed by atoms with Gasteiger partial charge in [-0.25, -0.2) is 0 Å². The highest BCUT2D eigenvalue weighted by Gasteiger charge is 2.40. The number of nitrogens with one attached hydrogen (secondary N) is 1. The van der Waals surface area contributed by atoms with Crippen molar-refractivity contribution in [2.24, 2.45) is 5.92 Å². The lowest BCUT2D eigenvalue weighted by Gasteiger charge is -2.30. The second kappa shape index (κ2) is 7.59. The van der Waals surface area contributed by atoms with Gasteiger partial charge in [0, 0.05) is 12.6 Å². The van der Waals surface area contributed by atoms with Crippen molar-refractivity contribution in [1.29, 1.82) is 0 Å². The zero-order chi connectivity index (χ0) is 15.3. The van der Waals surface area contributed by atoms with Crippen LogP contribution in [0.3, 0.4) is 0 Å². The molecule has 1 atom stereocenters. The van der Waals surface area contributed by atoms with Crippen molar-refractivity contribution in [1.82, 2.24) is 5.32 Å². The first-order valence-corrected chi connectivity index (χ1v) is 8.68. The summed E-state index contributed by atoms with van der Waals surface area (Å²) in [6, 6.07) is 0.418. The van der Waals surface area contributed by atoms with Gasteiger partial charge in [0.1, 0.15) is 5.54 Å². The molecule has 0 heterocycles. The fourth-order valence-corrected chi connectivity index (χ4v) is 3.31. The summed E-state index contributed by atoms with van der Waals surface area (Å²) in [5.74, 6) is 0.135. The first-order valence-electron chi connectivity index (χ1n) is 8.68. The van der Waals surface area contributed by atoms with Crippen LogP contribution in [0.25, 0.3) is 0 Å². The molecule has 2 fully saturated rings. The van der Waals surface area contributed by atoms with Crippen LogP contribution < -0.4 is 5.32 Å². The van der Waals surface area contributed by atoms with Crippen LogP contribution in [0.1, 0.15) is 71.6 Å². The van der Waals surface area contributed by atoms with Crippen LogP contribution >= 0.6 is 0 Å². The molecule has 4 heteroatoms. The minimum atomic E-state index is -0.744. The lowest BCUT2D eigenvalue weighted by Crippen LogP contribution is -2.52. The Hall–Kier alpha value is -0.610. The molecule has 2 rings (SSSR count). The SMILES string of the molecule is CCC(CCCOC1CCC(C)CC1)(NC1CC1)C(=O)O. The van der Waals surface area contributed by atoms with Gasteiger partial charge in [-0.3, -0.25) is 10.1 Å². The van der Waals surface area contributed by atoms with E-state index in [1.54, 1.807) is 0 Å². The molecule has 0 amide bonds. The average molecular weight is 297 g/mol. The van der Waals surface area contributed by atoms with Gasteiger partial charge < -0.3 is 9.84 Å². The minimum absolute atomic E-state index is 0.401. The van der Waals surface area contributed by atoms with Crippen molar-refractivity contribution in [3.05, 3.63) is 0 Å². The molecule has 2 aliphatic carbocycles. The van der Waals surface area contributed by atoms with Gasteiger partial charge in [0.2, 0.25) is 0 Å². The normalized spacial score (nSPS) is 29.0. The molecular formula is C17H31NO3. The number of hydrogen-bond acceptors (Lipinski definition) is 3. The molecule has 2 saturated carbocycles. The van der Waals surface area contributed by atoms with Gasteiger partial charge in [0.05, 0.1) is 6.10 Å². The highest BCUT2D eigenvalue weighted by molar-refractivity contribution is 5.78. The van der Waals surface area contributed by atoms with E-state index in [1.165, 1.54) is 25.7 Å². The molecule has 21 heavy (non-hydrogen) atoms. The molecule has 0 bridgehead atoms. The van der Waals surface area contributed by atoms with Gasteiger partial charge in [0.25, 0.3) is 0 Å². The molecule has 1 unspecified atom stereocenters. The van der Waals surface area contributed by atoms with Crippen molar-refractivity contribution >= 4 is 5.97 Å². The van der Waals surface area contributed by atoms with E-state index in [4.69, 9.17) is 4.74 Å². The predicted octanol–water partition coefficient (Wildman–Crippen LogP) is 3.35. The van der Waals surface area contributed by atoms with E-state index in [2.05, 4.69) is 12.2 Å². The highest BCUT2D eigenvalue weighted by Crippen LogP contribution is 2.28. The lowest BCUT2D eigenvalue weighted by molar-refractivity contribution is -0.145. The Morgan fingerprint density at radius 3 is 2.43 bits per heavy atom.